The predicted octanol–water partition coefficient (Wildman–Crippen LogP) is 28.7. The van der Waals surface area contributed by atoms with E-state index in [2.05, 4.69) is 0 Å². The van der Waals surface area contributed by atoms with Gasteiger partial charge in [0.05, 0.1) is 76.8 Å². The molecule has 0 radical (unpaired) electrons. The summed E-state index contributed by atoms with van der Waals surface area (Å²) in [7, 11) is 0. The minimum absolute atomic E-state index is 0.00512. The highest BCUT2D eigenvalue weighted by atomic mass is 16.3. The van der Waals surface area contributed by atoms with E-state index in [4.69, 9.17) is 47.2 Å². The molecule has 0 unspecified atom stereocenters. The molecule has 0 amide bonds. The number of furan rings is 2. The van der Waals surface area contributed by atoms with E-state index in [0.29, 0.717) is 0 Å². The Morgan fingerprint density at radius 1 is 0.202 bits per heavy atom. The van der Waals surface area contributed by atoms with Crippen molar-refractivity contribution in [2.45, 2.75) is 38.5 Å². The molecular formula is C102H68O2. The third-order valence-electron chi connectivity index (χ3n) is 18.9. The van der Waals surface area contributed by atoms with Crippen molar-refractivity contribution < 1.29 is 85.6 Å². The Balaban J connectivity index is 0.000000184. The quantitative estimate of drug-likeness (QED) is 0.155. The minimum atomic E-state index is -1.53. The number of hydrogen-bond donors (Lipinski definition) is 0. The lowest BCUT2D eigenvalue weighted by Crippen LogP contribution is -2.14. The van der Waals surface area contributed by atoms with E-state index in [1.807, 2.05) is 0 Å². The molecule has 488 valence electrons. The number of hydrogen-bond acceptors (Lipinski definition) is 2. The first-order valence-corrected chi connectivity index (χ1v) is 31.8. The van der Waals surface area contributed by atoms with Gasteiger partial charge >= 0.3 is 0 Å². The van der Waals surface area contributed by atoms with Crippen LogP contribution in [0, 0.1) is 0 Å². The van der Waals surface area contributed by atoms with Crippen LogP contribution in [0.4, 0.5) is 0 Å². The van der Waals surface area contributed by atoms with Gasteiger partial charge in [-0.1, -0.05) is 312 Å². The molecule has 0 spiro atoms. The molecule has 0 N–H and O–H groups in total. The molecule has 104 heavy (non-hydrogen) atoms. The molecule has 2 nitrogen and oxygen atoms in total. The summed E-state index contributed by atoms with van der Waals surface area (Å²) in [6.45, 7) is 6.05. The maximum absolute atomic E-state index is 9.99. The zero-order valence-electron chi connectivity index (χ0n) is 110. The van der Waals surface area contributed by atoms with Gasteiger partial charge in [0.25, 0.3) is 0 Å². The van der Waals surface area contributed by atoms with Gasteiger partial charge in [0.2, 0.25) is 0 Å². The van der Waals surface area contributed by atoms with Gasteiger partial charge in [-0.15, -0.1) is 0 Å². The van der Waals surface area contributed by atoms with E-state index in [0.717, 1.165) is 0 Å². The summed E-state index contributed by atoms with van der Waals surface area (Å²) >= 11 is 0. The summed E-state index contributed by atoms with van der Waals surface area (Å²) in [5.74, 6) is 0. The lowest BCUT2D eigenvalue weighted by Gasteiger charge is -2.22. The molecule has 2 aliphatic carbocycles. The number of rotatable bonds is 6. The van der Waals surface area contributed by atoms with Gasteiger partial charge in [0.1, 0.15) is 22.3 Å². The molecular weight excluding hydrogens is 1260 g/mol. The zero-order chi connectivity index (χ0) is 118. The van der Waals surface area contributed by atoms with Crippen molar-refractivity contribution in [2.75, 3.05) is 0 Å². The molecule has 0 bridgehead atoms. The molecule has 0 saturated heterocycles. The fourth-order valence-electron chi connectivity index (χ4n) is 14.0. The van der Waals surface area contributed by atoms with Gasteiger partial charge < -0.3 is 8.83 Å². The zero-order valence-corrected chi connectivity index (χ0v) is 53.8. The van der Waals surface area contributed by atoms with Gasteiger partial charge in [-0.3, -0.25) is 0 Å². The normalized spacial score (nSPS) is 20.9. The smallest absolute Gasteiger partial charge is 0.143 e. The SMILES string of the molecule is [2H]c1c([2H])c(-c2c([2H])c([2H])c3c(c2[2H])C(C)(C)c2c([2H])c([2H])c([2H])c([2H])c2-3)c([2H])c(-c2c3c([2H])c([2H])c([2H])c([2H])c3c(-c3c([2H])c([2H])c4oc5c6c([2H])c([2H])c([2H])c([2H])c6c([2H])c([2H])c5c4c3[2H])c3c([2H])c([2H])c([2H])c([2H])c23)c1[2H].[2H]c1c([2H])c([2H])c2c(c1[2H])-c1c([2H])c([2H])c(-c3c([2H])c([2H])c(-c4c5c([2H])c([2H])c([2H])c([2H])c5c(-c5c([2H])c([2H])c6oc7c8c([2H])c([2H])c([2H])c([2H])c8c([2H])c([2H])c7c6c5[2H])c5c([2H])c([2H])c([2H])c([2H])c45)c([2H])c3[2H])c([2H])c1C2(C)C. The van der Waals surface area contributed by atoms with Crippen molar-refractivity contribution in [1.29, 1.82) is 0 Å². The summed E-state index contributed by atoms with van der Waals surface area (Å²) in [6, 6.07) is -47.4. The van der Waals surface area contributed by atoms with E-state index in [1.54, 1.807) is 0 Å². The Kier molecular flexibility index (Phi) is 5.81. The number of fused-ring (bicyclic) bond motifs is 20. The van der Waals surface area contributed by atoms with Crippen molar-refractivity contribution in [3.05, 3.63) is 361 Å². The fraction of sp³-hybridized carbons (Fsp3) is 0.0588. The molecule has 2 heterocycles. The van der Waals surface area contributed by atoms with Crippen LogP contribution in [0.3, 0.4) is 0 Å². The highest BCUT2D eigenvalue weighted by Crippen LogP contribution is 2.54. The predicted molar refractivity (Wildman–Crippen MR) is 440 cm³/mol. The van der Waals surface area contributed by atoms with E-state index in [1.165, 1.54) is 27.7 Å². The molecule has 18 aromatic carbocycles. The first-order valence-electron chi connectivity index (χ1n) is 59.8. The van der Waals surface area contributed by atoms with Crippen LogP contribution in [0.5, 0.6) is 0 Å². The largest absolute Gasteiger partial charge is 0.455 e. The Hall–Kier alpha value is -12.9. The van der Waals surface area contributed by atoms with Crippen molar-refractivity contribution in [3.8, 4) is 89.0 Å². The highest BCUT2D eigenvalue weighted by Gasteiger charge is 2.37. The van der Waals surface area contributed by atoms with Gasteiger partial charge in [-0.05, 0) is 220 Å². The summed E-state index contributed by atoms with van der Waals surface area (Å²) < 4.78 is 523. The summed E-state index contributed by atoms with van der Waals surface area (Å²) in [6.07, 6.45) is 0. The summed E-state index contributed by atoms with van der Waals surface area (Å²) in [4.78, 5) is 0. The standard InChI is InChI=1S/2C51H34O/c1-51(2)45-21-10-9-16-37(45)38-25-23-33(30-46(38)51)32-13-11-14-34(28-32)48-39-17-5-7-19-41(39)49(42-20-8-6-18-40(42)48)35-24-27-47-44(29-35)43-26-22-31-12-3-4-15-36(31)50(43)52-47;1-51(2)45-18-10-9-13-37(45)38-26-24-34(30-46(38)51)31-19-21-33(22-20-31)48-39-14-5-7-16-41(39)49(42-17-8-6-15-40(42)48)35-25-28-47-44(29-35)43-27-23-32-11-3-4-12-36(32)50(43)52-47/h2*3-30H,1-2H3/i2*3D,4D,5D,6D,7D,8D,9D,10D,11D,12D,13D,14D,15D,16D,17D,18D,19D,20D,21D,22D,23D,24D,25D,26D,27D,28D,29D,30D. The van der Waals surface area contributed by atoms with Crippen LogP contribution in [0.15, 0.2) is 347 Å². The van der Waals surface area contributed by atoms with Crippen molar-refractivity contribution >= 4 is 109 Å². The Bertz CT molecular complexity index is 10400. The molecule has 0 fully saturated rings. The summed E-state index contributed by atoms with van der Waals surface area (Å²) in [5, 5.41) is -9.54. The second-order valence-electron chi connectivity index (χ2n) is 25.3. The van der Waals surface area contributed by atoms with E-state index in [-0.39, 0.29) is 44.5 Å². The van der Waals surface area contributed by atoms with Gasteiger partial charge in [-0.25, -0.2) is 0 Å². The molecule has 2 aliphatic rings. The Morgan fingerprint density at radius 3 is 0.942 bits per heavy atom. The molecule has 0 aliphatic heterocycles. The van der Waals surface area contributed by atoms with Gasteiger partial charge in [0, 0.05) is 43.1 Å². The van der Waals surface area contributed by atoms with Crippen LogP contribution in [0.1, 0.15) is 127 Å². The highest BCUT2D eigenvalue weighted by molar-refractivity contribution is 6.25. The lowest BCUT2D eigenvalue weighted by molar-refractivity contribution is 0.660. The minimum Gasteiger partial charge on any atom is -0.455 e. The first-order chi connectivity index (χ1) is 74.5. The van der Waals surface area contributed by atoms with Crippen LogP contribution < -0.4 is 0 Å². The fourth-order valence-corrected chi connectivity index (χ4v) is 14.0. The van der Waals surface area contributed by atoms with Gasteiger partial charge in [-0.2, -0.15) is 0 Å². The monoisotopic (exact) mass is 1380 g/mol. The lowest BCUT2D eigenvalue weighted by atomic mass is 9.81. The van der Waals surface area contributed by atoms with Crippen molar-refractivity contribution in [1.82, 2.24) is 0 Å². The average molecular weight is 1380 g/mol. The van der Waals surface area contributed by atoms with E-state index in [9.17, 15) is 38.4 Å². The number of benzene rings is 18. The third-order valence-corrected chi connectivity index (χ3v) is 18.9. The van der Waals surface area contributed by atoms with Crippen LogP contribution >= 0.6 is 0 Å². The van der Waals surface area contributed by atoms with Crippen molar-refractivity contribution in [3.63, 3.8) is 0 Å². The van der Waals surface area contributed by atoms with E-state index >= 15 is 0 Å². The maximum Gasteiger partial charge on any atom is 0.143 e. The van der Waals surface area contributed by atoms with E-state index < -0.39 is 524 Å². The van der Waals surface area contributed by atoms with Crippen LogP contribution in [-0.2, 0) is 10.8 Å². The van der Waals surface area contributed by atoms with Crippen molar-refractivity contribution in [2.24, 2.45) is 0 Å². The molecule has 0 atom stereocenters. The first kappa shape index (κ1) is 26.5. The topological polar surface area (TPSA) is 26.3 Å². The van der Waals surface area contributed by atoms with Crippen LogP contribution in [0.25, 0.3) is 198 Å². The maximum atomic E-state index is 9.99. The molecule has 20 aromatic rings. The van der Waals surface area contributed by atoms with Gasteiger partial charge in [0.15, 0.2) is 0 Å². The Labute approximate surface area is 681 Å². The van der Waals surface area contributed by atoms with Crippen LogP contribution in [0.2, 0.25) is 0 Å². The Morgan fingerprint density at radius 2 is 0.510 bits per heavy atom. The van der Waals surface area contributed by atoms with Crippen LogP contribution in [-0.4, -0.2) is 0 Å². The molecule has 2 heteroatoms. The molecule has 0 saturated carbocycles. The molecule has 2 aromatic heterocycles. The summed E-state index contributed by atoms with van der Waals surface area (Å²) in [5.41, 5.74) is -15.0. The second kappa shape index (κ2) is 22.8. The third kappa shape index (κ3) is 9.01. The average Bonchev–Trinajstić information content (AvgIpc) is 0.878. The second-order valence-corrected chi connectivity index (χ2v) is 25.3. The molecule has 22 rings (SSSR count).